The Morgan fingerprint density at radius 3 is 2.62 bits per heavy atom. The van der Waals surface area contributed by atoms with Crippen molar-refractivity contribution in [1.82, 2.24) is 29.6 Å². The summed E-state index contributed by atoms with van der Waals surface area (Å²) >= 11 is 0. The van der Waals surface area contributed by atoms with Crippen LogP contribution in [-0.4, -0.2) is 60.6 Å². The van der Waals surface area contributed by atoms with Gasteiger partial charge in [0.05, 0.1) is 53.6 Å². The minimum Gasteiger partial charge on any atom is -0.469 e. The van der Waals surface area contributed by atoms with Gasteiger partial charge in [0, 0.05) is 25.2 Å². The van der Waals surface area contributed by atoms with Crippen molar-refractivity contribution in [3.8, 4) is 17.5 Å². The topological polar surface area (TPSA) is 148 Å². The van der Waals surface area contributed by atoms with E-state index in [1.165, 1.54) is 7.11 Å². The van der Waals surface area contributed by atoms with Crippen molar-refractivity contribution < 1.29 is 19.4 Å². The fraction of sp³-hybridized carbons (Fsp3) is 0.385. The molecule has 4 rings (SSSR count). The van der Waals surface area contributed by atoms with E-state index in [0.717, 1.165) is 10.9 Å². The molecule has 3 heterocycles. The molecule has 0 saturated carbocycles. The first-order valence-corrected chi connectivity index (χ1v) is 11.7. The first-order valence-electron chi connectivity index (χ1n) is 11.7. The van der Waals surface area contributed by atoms with Crippen molar-refractivity contribution in [3.05, 3.63) is 41.7 Å². The predicted molar refractivity (Wildman–Crippen MR) is 136 cm³/mol. The highest BCUT2D eigenvalue weighted by Crippen LogP contribution is 2.30. The lowest BCUT2D eigenvalue weighted by atomic mass is 9.94. The molecule has 0 unspecified atom stereocenters. The normalized spacial score (nSPS) is 12.1. The lowest BCUT2D eigenvalue weighted by Gasteiger charge is -2.23. The number of benzene rings is 1. The van der Waals surface area contributed by atoms with E-state index in [1.807, 2.05) is 6.07 Å². The maximum atomic E-state index is 13.3. The maximum Gasteiger partial charge on any atom is 0.313 e. The van der Waals surface area contributed by atoms with Crippen molar-refractivity contribution in [1.29, 1.82) is 5.26 Å². The van der Waals surface area contributed by atoms with Gasteiger partial charge >= 0.3 is 5.97 Å². The van der Waals surface area contributed by atoms with Crippen LogP contribution >= 0.6 is 0 Å². The Labute approximate surface area is 213 Å². The van der Waals surface area contributed by atoms with Gasteiger partial charge in [-0.2, -0.15) is 10.4 Å². The molecule has 0 bridgehead atoms. The fourth-order valence-corrected chi connectivity index (χ4v) is 4.15. The van der Waals surface area contributed by atoms with Crippen LogP contribution in [0.5, 0.6) is 0 Å². The Morgan fingerprint density at radius 2 is 1.97 bits per heavy atom. The number of aromatic nitrogens is 5. The van der Waals surface area contributed by atoms with Crippen LogP contribution in [0.3, 0.4) is 0 Å². The number of nitrogens with zero attached hydrogens (tertiary/aromatic N) is 6. The monoisotopic (exact) mass is 503 g/mol. The fourth-order valence-electron chi connectivity index (χ4n) is 4.15. The number of carbonyl (C=O) groups is 2. The third-order valence-electron chi connectivity index (χ3n) is 6.18. The minimum atomic E-state index is -0.894. The van der Waals surface area contributed by atoms with Crippen LogP contribution < -0.4 is 5.32 Å². The largest absolute Gasteiger partial charge is 0.469 e. The van der Waals surface area contributed by atoms with E-state index in [0.29, 0.717) is 28.1 Å². The number of esters is 1. The number of rotatable bonds is 7. The molecule has 37 heavy (non-hydrogen) atoms. The van der Waals surface area contributed by atoms with Gasteiger partial charge in [0.2, 0.25) is 0 Å². The van der Waals surface area contributed by atoms with Crippen LogP contribution in [0.4, 0.5) is 0 Å². The highest BCUT2D eigenvalue weighted by Gasteiger charge is 2.32. The van der Waals surface area contributed by atoms with Crippen molar-refractivity contribution >= 4 is 33.9 Å². The first-order chi connectivity index (χ1) is 17.4. The van der Waals surface area contributed by atoms with Gasteiger partial charge in [-0.05, 0) is 45.9 Å². The number of hydrogen-bond donors (Lipinski definition) is 2. The zero-order chi connectivity index (χ0) is 27.1. The molecule has 1 amide bonds. The lowest BCUT2D eigenvalue weighted by molar-refractivity contribution is -0.151. The number of carbonyl (C=O) groups excluding carboxylic acids is 2. The number of nitriles is 1. The first kappa shape index (κ1) is 25.8. The number of fused-ring (bicyclic) bond motifs is 2. The molecule has 11 heteroatoms. The second-order valence-electron chi connectivity index (χ2n) is 10.3. The molecule has 0 radical (unpaired) electrons. The highest BCUT2D eigenvalue weighted by molar-refractivity contribution is 6.05. The summed E-state index contributed by atoms with van der Waals surface area (Å²) in [6.45, 7) is 6.85. The summed E-state index contributed by atoms with van der Waals surface area (Å²) in [6.07, 6.45) is 3.18. The van der Waals surface area contributed by atoms with Gasteiger partial charge in [0.25, 0.3) is 5.91 Å². The summed E-state index contributed by atoms with van der Waals surface area (Å²) in [4.78, 5) is 35.0. The summed E-state index contributed by atoms with van der Waals surface area (Å²) < 4.78 is 8.32. The third-order valence-corrected chi connectivity index (χ3v) is 6.18. The van der Waals surface area contributed by atoms with E-state index in [9.17, 15) is 20.0 Å². The van der Waals surface area contributed by atoms with Gasteiger partial charge in [0.15, 0.2) is 5.65 Å². The Balaban J connectivity index is 1.89. The van der Waals surface area contributed by atoms with Gasteiger partial charge in [-0.1, -0.05) is 0 Å². The van der Waals surface area contributed by atoms with E-state index < -0.39 is 22.8 Å². The molecule has 192 valence electrons. The second kappa shape index (κ2) is 9.29. The highest BCUT2D eigenvalue weighted by atomic mass is 16.5. The maximum absolute atomic E-state index is 13.3. The van der Waals surface area contributed by atoms with Crippen LogP contribution in [0.25, 0.3) is 33.5 Å². The van der Waals surface area contributed by atoms with Crippen LogP contribution in [-0.2, 0) is 23.1 Å². The molecule has 0 aliphatic rings. The molecule has 1 aromatic carbocycles. The molecule has 0 fully saturated rings. The molecule has 2 N–H and O–H groups in total. The molecule has 11 nitrogen and oxygen atoms in total. The van der Waals surface area contributed by atoms with Crippen molar-refractivity contribution in [2.75, 3.05) is 13.7 Å². The molecule has 0 aliphatic heterocycles. The van der Waals surface area contributed by atoms with Crippen LogP contribution in [0.15, 0.2) is 30.6 Å². The third kappa shape index (κ3) is 4.75. The van der Waals surface area contributed by atoms with Crippen LogP contribution in [0.1, 0.15) is 43.6 Å². The van der Waals surface area contributed by atoms with Crippen molar-refractivity contribution in [2.24, 2.45) is 12.5 Å². The number of nitrogens with one attached hydrogen (secondary N) is 1. The second-order valence-corrected chi connectivity index (χ2v) is 10.3. The quantitative estimate of drug-likeness (QED) is 0.366. The summed E-state index contributed by atoms with van der Waals surface area (Å²) in [5, 5.41) is 27.1. The molecule has 4 aromatic rings. The molecule has 0 atom stereocenters. The predicted octanol–water partition coefficient (Wildman–Crippen LogP) is 2.56. The van der Waals surface area contributed by atoms with E-state index in [2.05, 4.69) is 21.5 Å². The zero-order valence-electron chi connectivity index (χ0n) is 21.7. The Morgan fingerprint density at radius 1 is 1.24 bits per heavy atom. The SMILES string of the molecule is COC(=O)C(C)(C)Cn1cc(C(=O)NC(C)(C)CO)c2nc(-c3nn(C)c4cc(C#N)ccc34)cnc21. The smallest absolute Gasteiger partial charge is 0.313 e. The Bertz CT molecular complexity index is 1570. The minimum absolute atomic E-state index is 0.199. The summed E-state index contributed by atoms with van der Waals surface area (Å²) in [6, 6.07) is 7.40. The summed E-state index contributed by atoms with van der Waals surface area (Å²) in [5.41, 5.74) is 1.52. The average molecular weight is 504 g/mol. The lowest BCUT2D eigenvalue weighted by Crippen LogP contribution is -2.46. The molecule has 0 saturated heterocycles. The van der Waals surface area contributed by atoms with Crippen LogP contribution in [0.2, 0.25) is 0 Å². The van der Waals surface area contributed by atoms with Gasteiger partial charge in [-0.25, -0.2) is 9.97 Å². The van der Waals surface area contributed by atoms with Crippen molar-refractivity contribution in [2.45, 2.75) is 39.8 Å². The summed E-state index contributed by atoms with van der Waals surface area (Å²) in [5.74, 6) is -0.835. The van der Waals surface area contributed by atoms with Crippen molar-refractivity contribution in [3.63, 3.8) is 0 Å². The number of aliphatic hydroxyl groups excluding tert-OH is 1. The number of hydrogen-bond acceptors (Lipinski definition) is 8. The van der Waals surface area contributed by atoms with E-state index in [-0.39, 0.29) is 18.7 Å². The molecule has 0 aliphatic carbocycles. The number of amides is 1. The van der Waals surface area contributed by atoms with E-state index >= 15 is 0 Å². The molecular formula is C26H29N7O4. The number of aliphatic hydroxyl groups is 1. The number of ether oxygens (including phenoxy) is 1. The zero-order valence-corrected chi connectivity index (χ0v) is 21.7. The molecular weight excluding hydrogens is 474 g/mol. The summed E-state index contributed by atoms with van der Waals surface area (Å²) in [7, 11) is 3.11. The van der Waals surface area contributed by atoms with E-state index in [4.69, 9.17) is 9.72 Å². The van der Waals surface area contributed by atoms with Gasteiger partial charge in [-0.3, -0.25) is 14.3 Å². The Hall–Kier alpha value is -4.30. The Kier molecular flexibility index (Phi) is 6.48. The van der Waals surface area contributed by atoms with Gasteiger partial charge < -0.3 is 19.7 Å². The average Bonchev–Trinajstić information content (AvgIpc) is 3.39. The van der Waals surface area contributed by atoms with E-state index in [1.54, 1.807) is 68.5 Å². The van der Waals surface area contributed by atoms with Gasteiger partial charge in [0.1, 0.15) is 16.9 Å². The number of aryl methyl sites for hydroxylation is 1. The standard InChI is InChI=1S/C26H29N7O4/c1-25(2,24(36)37-6)13-33-12-17(23(35)30-26(3,4)14-34)21-22(33)28-11-18(29-21)20-16-8-7-15(10-27)9-19(16)32(5)31-20/h7-9,11-12,34H,13-14H2,1-6H3,(H,30,35). The van der Waals surface area contributed by atoms with Crippen LogP contribution in [0, 0.1) is 16.7 Å². The molecule has 3 aromatic heterocycles. The van der Waals surface area contributed by atoms with Gasteiger partial charge in [-0.15, -0.1) is 0 Å². The number of methoxy groups -OCH3 is 1. The molecule has 0 spiro atoms.